The maximum atomic E-state index is 6.89. The van der Waals surface area contributed by atoms with Gasteiger partial charge in [-0.25, -0.2) is 19.9 Å². The van der Waals surface area contributed by atoms with Crippen molar-refractivity contribution < 1.29 is 0 Å². The van der Waals surface area contributed by atoms with E-state index in [4.69, 9.17) is 36.5 Å². The van der Waals surface area contributed by atoms with Crippen molar-refractivity contribution in [3.8, 4) is 89.0 Å². The molecule has 14 heteroatoms. The summed E-state index contributed by atoms with van der Waals surface area (Å²) in [6, 6.07) is 61.5. The molecule has 7 aromatic heterocycles. The highest BCUT2D eigenvalue weighted by atomic mass is 35.5. The van der Waals surface area contributed by atoms with Crippen LogP contribution in [0, 0.1) is 125 Å². The van der Waals surface area contributed by atoms with Crippen molar-refractivity contribution in [2.24, 2.45) is 0 Å². The first-order valence-electron chi connectivity index (χ1n) is 42.2. The van der Waals surface area contributed by atoms with Gasteiger partial charge in [0.25, 0.3) is 0 Å². The molecule has 0 spiro atoms. The van der Waals surface area contributed by atoms with E-state index in [2.05, 4.69) is 359 Å². The topological polar surface area (TPSA) is 177 Å². The van der Waals surface area contributed by atoms with Crippen molar-refractivity contribution in [2.45, 2.75) is 125 Å². The molecule has 13 nitrogen and oxygen atoms in total. The summed E-state index contributed by atoms with van der Waals surface area (Å²) in [6.07, 6.45) is 17.4. The zero-order chi connectivity index (χ0) is 85.4. The summed E-state index contributed by atoms with van der Waals surface area (Å²) >= 11 is 6.89. The number of hydrogen-bond acceptors (Lipinski definition) is 9. The zero-order valence-electron chi connectivity index (χ0n) is 72.8. The second kappa shape index (κ2) is 30.8. The second-order valence-electron chi connectivity index (χ2n) is 34.3. The molecule has 15 aromatic rings. The van der Waals surface area contributed by atoms with Crippen LogP contribution in [0.15, 0.2) is 170 Å². The molecule has 4 aliphatic heterocycles. The number of aryl methyl sites for hydroxylation is 18. The maximum Gasteiger partial charge on any atom is 0.233 e. The Bertz CT molecular complexity index is 6880. The number of nitrogens with zero attached hydrogens (tertiary/aromatic N) is 7. The minimum atomic E-state index is 0.0177. The molecular formula is C109H96ClN13. The lowest BCUT2D eigenvalue weighted by molar-refractivity contribution is 1.06. The monoisotopic (exact) mass is 1620 g/mol. The third kappa shape index (κ3) is 14.4. The van der Waals surface area contributed by atoms with Crippen LogP contribution in [0.5, 0.6) is 0 Å². The van der Waals surface area contributed by atoms with Crippen LogP contribution in [0.3, 0.4) is 0 Å². The van der Waals surface area contributed by atoms with Gasteiger partial charge in [0.05, 0.1) is 45.6 Å². The van der Waals surface area contributed by atoms with E-state index in [1.165, 1.54) is 100 Å². The van der Waals surface area contributed by atoms with E-state index in [1.807, 2.05) is 24.3 Å². The number of halogens is 1. The molecule has 11 heterocycles. The number of H-pyrrole nitrogens is 4. The van der Waals surface area contributed by atoms with Crippen LogP contribution < -0.4 is 10.6 Å². The number of aromatic amines is 4. The molecule has 0 saturated carbocycles. The van der Waals surface area contributed by atoms with Crippen LogP contribution in [0.4, 0.5) is 23.3 Å². The normalized spacial score (nSPS) is 12.2. The van der Waals surface area contributed by atoms with Gasteiger partial charge in [0.15, 0.2) is 0 Å². The fourth-order valence-corrected chi connectivity index (χ4v) is 20.4. The van der Waals surface area contributed by atoms with Gasteiger partial charge < -0.3 is 30.6 Å². The van der Waals surface area contributed by atoms with Crippen LogP contribution in [0.25, 0.3) is 182 Å². The molecule has 0 unspecified atom stereocenters. The Morgan fingerprint density at radius 3 is 0.553 bits per heavy atom. The summed E-state index contributed by atoms with van der Waals surface area (Å²) in [5.41, 5.74) is 53.8. The van der Waals surface area contributed by atoms with Gasteiger partial charge in [-0.15, -0.1) is 0 Å². The summed E-state index contributed by atoms with van der Waals surface area (Å²) in [4.78, 5) is 53.1. The Kier molecular flexibility index (Phi) is 19.7. The van der Waals surface area contributed by atoms with E-state index < -0.39 is 0 Å². The number of fused-ring (bicyclic) bond motifs is 16. The van der Waals surface area contributed by atoms with Gasteiger partial charge in [-0.3, -0.25) is 0 Å². The molecule has 123 heavy (non-hydrogen) atoms. The predicted molar refractivity (Wildman–Crippen MR) is 518 cm³/mol. The first kappa shape index (κ1) is 78.7. The number of benzene rings is 8. The first-order valence-corrected chi connectivity index (χ1v) is 42.6. The Balaban J connectivity index is 0.718. The molecule has 0 saturated heterocycles. The van der Waals surface area contributed by atoms with E-state index in [-0.39, 0.29) is 17.2 Å². The lowest BCUT2D eigenvalue weighted by Crippen LogP contribution is -2.04. The number of aromatic nitrogens is 11. The van der Waals surface area contributed by atoms with Crippen molar-refractivity contribution in [3.05, 3.63) is 321 Å². The standard InChI is InChI=1S/C109H96ClN13/c1-55-43-61(7)93(62(8)44-55)101-81-31-27-77(113-81)99(78-28-32-82(114-78)102(94-63(9)45-56(2)46-64(94)10)86-36-40-90(118-86)105(89-39-35-85(101)117-89)97-69(15)51-59(5)52-70(97)16)73-19-23-75(24-20-73)111-108-121-107(110)122-109(123-108)112-76-25-21-74(22-26-76)100-79-29-33-83(115-79)103(95-65(11)47-57(3)48-66(95)12)87-37-41-91(119-87)106(98-71(17)53-60(6)54-72(98)18)92-42-38-88(120-92)104(84-34-30-80(100)116-84)96-67(13)49-58(4)50-68(96)14/h19-54,113,115,118,120H,1-18H3,(H2,111,112,121,122,123). The highest BCUT2D eigenvalue weighted by Gasteiger charge is 2.28. The number of hydrogen-bond donors (Lipinski definition) is 6. The molecule has 0 atom stereocenters. The summed E-state index contributed by atoms with van der Waals surface area (Å²) in [6.45, 7) is 39.5. The van der Waals surface area contributed by atoms with Crippen molar-refractivity contribution >= 4 is 128 Å². The molecule has 0 aliphatic carbocycles. The smallest absolute Gasteiger partial charge is 0.233 e. The van der Waals surface area contributed by atoms with Gasteiger partial charge in [0.2, 0.25) is 17.2 Å². The summed E-state index contributed by atoms with van der Waals surface area (Å²) in [7, 11) is 0. The Morgan fingerprint density at radius 1 is 0.195 bits per heavy atom. The van der Waals surface area contributed by atoms with Gasteiger partial charge in [0, 0.05) is 100 Å². The lowest BCUT2D eigenvalue weighted by atomic mass is 9.92. The summed E-state index contributed by atoms with van der Waals surface area (Å²) in [5, 5.41) is 6.97. The Labute approximate surface area is 722 Å². The van der Waals surface area contributed by atoms with Crippen molar-refractivity contribution in [3.63, 3.8) is 0 Å². The maximum absolute atomic E-state index is 6.89. The number of anilines is 4. The highest BCUT2D eigenvalue weighted by molar-refractivity contribution is 6.28. The Hall–Kier alpha value is -14.1. The van der Waals surface area contributed by atoms with E-state index >= 15 is 0 Å². The van der Waals surface area contributed by atoms with Crippen LogP contribution in [0.1, 0.15) is 146 Å². The average Bonchev–Trinajstić information content (AvgIpc) is 1.61. The third-order valence-electron chi connectivity index (χ3n) is 24.5. The van der Waals surface area contributed by atoms with Crippen LogP contribution in [-0.2, 0) is 0 Å². The Morgan fingerprint density at radius 2 is 0.366 bits per heavy atom. The van der Waals surface area contributed by atoms with E-state index in [0.717, 1.165) is 190 Å². The van der Waals surface area contributed by atoms with Crippen molar-refractivity contribution in [1.82, 2.24) is 54.8 Å². The molecule has 0 amide bonds. The SMILES string of the molecule is Cc1cc(C)c(-c2c3nc(c(-c4c(C)cc(C)cc4C)c4ccc([nH]4)c(-c4c(C)cc(C)cc4C)c4nc(c(-c5ccc(Nc6nc(Cl)nc(Nc7ccc(-c8c9nc(c(-c%10c(C)cc(C)cc%10C)c%10ccc([nH]%10)c(-c%10c(C)cc(C)cc%10C)c%10nc(c(-c%11c(C)cc(C)cc%11C)c%11ccc8[nH]%11)C=C%10)C=C9)cc7)n6)cc5)c5ccc2[nH]5)C=C4)C=C3)c(C)c1. The fraction of sp³-hybridized carbons (Fsp3) is 0.165. The van der Waals surface area contributed by atoms with Gasteiger partial charge >= 0.3 is 0 Å². The zero-order valence-corrected chi connectivity index (χ0v) is 73.5. The van der Waals surface area contributed by atoms with Gasteiger partial charge in [-0.2, -0.15) is 15.0 Å². The van der Waals surface area contributed by atoms with Crippen LogP contribution in [0.2, 0.25) is 5.28 Å². The molecule has 0 fully saturated rings. The highest BCUT2D eigenvalue weighted by Crippen LogP contribution is 2.47. The van der Waals surface area contributed by atoms with E-state index in [0.29, 0.717) is 0 Å². The molecular weight excluding hydrogens is 1530 g/mol. The molecule has 0 radical (unpaired) electrons. The second-order valence-corrected chi connectivity index (χ2v) is 34.6. The predicted octanol–water partition coefficient (Wildman–Crippen LogP) is 28.8. The van der Waals surface area contributed by atoms with Crippen molar-refractivity contribution in [2.75, 3.05) is 10.6 Å². The third-order valence-corrected chi connectivity index (χ3v) is 24.7. The average molecular weight is 1620 g/mol. The molecule has 604 valence electrons. The largest absolute Gasteiger partial charge is 0.354 e. The molecule has 16 bridgehead atoms. The van der Waals surface area contributed by atoms with E-state index in [1.54, 1.807) is 0 Å². The minimum Gasteiger partial charge on any atom is -0.354 e. The van der Waals surface area contributed by atoms with Crippen LogP contribution in [-0.4, -0.2) is 54.8 Å². The first-order chi connectivity index (χ1) is 59.2. The quantitative estimate of drug-likeness (QED) is 0.0695. The minimum absolute atomic E-state index is 0.0177. The number of rotatable bonds is 12. The fourth-order valence-electron chi connectivity index (χ4n) is 20.2. The lowest BCUT2D eigenvalue weighted by Gasteiger charge is -2.14. The van der Waals surface area contributed by atoms with Crippen molar-refractivity contribution in [1.29, 1.82) is 0 Å². The molecule has 6 N–H and O–H groups in total. The summed E-state index contributed by atoms with van der Waals surface area (Å²) in [5.74, 6) is 0.521. The van der Waals surface area contributed by atoms with E-state index in [9.17, 15) is 0 Å². The van der Waals surface area contributed by atoms with Crippen LogP contribution >= 0.6 is 11.6 Å². The number of nitrogens with one attached hydrogen (secondary N) is 6. The molecule has 19 rings (SSSR count). The molecule has 4 aliphatic rings. The van der Waals surface area contributed by atoms with Gasteiger partial charge in [-0.05, 0) is 369 Å². The molecule has 8 aromatic carbocycles. The van der Waals surface area contributed by atoms with Gasteiger partial charge in [-0.1, -0.05) is 130 Å². The summed E-state index contributed by atoms with van der Waals surface area (Å²) < 4.78 is 0. The van der Waals surface area contributed by atoms with Gasteiger partial charge in [0.1, 0.15) is 0 Å².